The quantitative estimate of drug-likeness (QED) is 0.402. The summed E-state index contributed by atoms with van der Waals surface area (Å²) >= 11 is 0.971. The van der Waals surface area contributed by atoms with E-state index in [0.29, 0.717) is 23.6 Å². The zero-order valence-electron chi connectivity index (χ0n) is 17.5. The van der Waals surface area contributed by atoms with Crippen LogP contribution in [0, 0.1) is 0 Å². The first-order valence-electron chi connectivity index (χ1n) is 9.95. The average molecular weight is 439 g/mol. The third-order valence-corrected chi connectivity index (χ3v) is 6.22. The lowest BCUT2D eigenvalue weighted by atomic mass is 10.1. The number of nitrogens with zero attached hydrogens (tertiary/aromatic N) is 2. The molecular weight excluding hydrogens is 416 g/mol. The summed E-state index contributed by atoms with van der Waals surface area (Å²) < 4.78 is 12.3. The summed E-state index contributed by atoms with van der Waals surface area (Å²) in [6, 6.07) is 11.0. The molecule has 1 saturated heterocycles. The molecule has 1 aromatic carbocycles. The first-order chi connectivity index (χ1) is 14.9. The largest absolute Gasteiger partial charge is 0.463 e. The van der Waals surface area contributed by atoms with Crippen molar-refractivity contribution in [2.75, 3.05) is 7.11 Å². The number of benzene rings is 1. The van der Waals surface area contributed by atoms with Gasteiger partial charge in [0.15, 0.2) is 0 Å². The van der Waals surface area contributed by atoms with Crippen LogP contribution >= 0.6 is 11.8 Å². The van der Waals surface area contributed by atoms with Gasteiger partial charge >= 0.3 is 5.97 Å². The summed E-state index contributed by atoms with van der Waals surface area (Å²) in [6.45, 7) is 4.22. The van der Waals surface area contributed by atoms with E-state index in [1.54, 1.807) is 18.2 Å². The Hall–Kier alpha value is -3.26. The van der Waals surface area contributed by atoms with Crippen molar-refractivity contribution in [3.8, 4) is 0 Å². The number of aromatic nitrogens is 1. The molecular formula is C23H22N2O5S. The van der Waals surface area contributed by atoms with Gasteiger partial charge in [0, 0.05) is 28.7 Å². The second-order valence-corrected chi connectivity index (χ2v) is 8.29. The van der Waals surface area contributed by atoms with E-state index in [9.17, 15) is 14.4 Å². The Balaban J connectivity index is 1.68. The Morgan fingerprint density at radius 3 is 2.74 bits per heavy atom. The number of rotatable bonds is 6. The second-order valence-electron chi connectivity index (χ2n) is 7.30. The summed E-state index contributed by atoms with van der Waals surface area (Å²) in [5.74, 6) is -0.0334. The highest BCUT2D eigenvalue weighted by Gasteiger charge is 2.37. The molecule has 0 radical (unpaired) electrons. The number of imide groups is 1. The standard InChI is InChI=1S/C23H22N2O5S/c1-4-14(2)25-21(26)20(31-23(25)28)11-15-12-24(18-8-6-5-7-17(15)18)13-16-9-10-19(30-16)22(27)29-3/h5-12,14H,4,13H2,1-3H3/b20-11+/t14-/m0/s1. The maximum atomic E-state index is 12.8. The lowest BCUT2D eigenvalue weighted by Crippen LogP contribution is -2.36. The lowest BCUT2D eigenvalue weighted by Gasteiger charge is -2.19. The highest BCUT2D eigenvalue weighted by atomic mass is 32.2. The number of ether oxygens (including phenoxy) is 1. The summed E-state index contributed by atoms with van der Waals surface area (Å²) in [5, 5.41) is 0.720. The van der Waals surface area contributed by atoms with Gasteiger partial charge in [-0.15, -0.1) is 0 Å². The highest BCUT2D eigenvalue weighted by molar-refractivity contribution is 8.18. The topological polar surface area (TPSA) is 81.8 Å². The minimum absolute atomic E-state index is 0.136. The molecule has 7 nitrogen and oxygen atoms in total. The van der Waals surface area contributed by atoms with Gasteiger partial charge in [-0.3, -0.25) is 14.5 Å². The van der Waals surface area contributed by atoms with Crippen molar-refractivity contribution in [1.82, 2.24) is 9.47 Å². The number of hydrogen-bond acceptors (Lipinski definition) is 6. The molecule has 3 aromatic rings. The van der Waals surface area contributed by atoms with E-state index in [1.807, 2.05) is 48.9 Å². The van der Waals surface area contributed by atoms with Crippen LogP contribution in [0.1, 0.15) is 42.1 Å². The summed E-state index contributed by atoms with van der Waals surface area (Å²) in [5.41, 5.74) is 1.79. The van der Waals surface area contributed by atoms with Gasteiger partial charge in [-0.25, -0.2) is 4.79 Å². The van der Waals surface area contributed by atoms with Crippen molar-refractivity contribution in [3.05, 3.63) is 64.6 Å². The Morgan fingerprint density at radius 1 is 1.23 bits per heavy atom. The smallest absolute Gasteiger partial charge is 0.373 e. The van der Waals surface area contributed by atoms with Crippen LogP contribution in [-0.4, -0.2) is 39.7 Å². The van der Waals surface area contributed by atoms with Gasteiger partial charge in [0.1, 0.15) is 5.76 Å². The number of carbonyl (C=O) groups is 3. The fourth-order valence-electron chi connectivity index (χ4n) is 3.55. The van der Waals surface area contributed by atoms with Crippen molar-refractivity contribution in [2.24, 2.45) is 0 Å². The zero-order chi connectivity index (χ0) is 22.1. The Labute approximate surface area is 183 Å². The van der Waals surface area contributed by atoms with E-state index < -0.39 is 5.97 Å². The first kappa shape index (κ1) is 21.0. The van der Waals surface area contributed by atoms with E-state index in [-0.39, 0.29) is 22.9 Å². The van der Waals surface area contributed by atoms with E-state index in [4.69, 9.17) is 4.42 Å². The maximum Gasteiger partial charge on any atom is 0.373 e. The summed E-state index contributed by atoms with van der Waals surface area (Å²) in [4.78, 5) is 38.5. The molecule has 0 spiro atoms. The summed E-state index contributed by atoms with van der Waals surface area (Å²) in [7, 11) is 1.30. The van der Waals surface area contributed by atoms with Crippen molar-refractivity contribution >= 4 is 45.9 Å². The van der Waals surface area contributed by atoms with E-state index in [0.717, 1.165) is 28.2 Å². The van der Waals surface area contributed by atoms with Crippen molar-refractivity contribution in [1.29, 1.82) is 0 Å². The number of carbonyl (C=O) groups excluding carboxylic acids is 3. The number of amides is 2. The molecule has 31 heavy (non-hydrogen) atoms. The number of fused-ring (bicyclic) bond motifs is 1. The number of esters is 1. The molecule has 0 bridgehead atoms. The number of hydrogen-bond donors (Lipinski definition) is 0. The number of para-hydroxylation sites is 1. The second kappa shape index (κ2) is 8.47. The maximum absolute atomic E-state index is 12.8. The monoisotopic (exact) mass is 438 g/mol. The number of furan rings is 1. The van der Waals surface area contributed by atoms with Crippen LogP contribution in [0.2, 0.25) is 0 Å². The fraction of sp³-hybridized carbons (Fsp3) is 0.261. The van der Waals surface area contributed by atoms with Gasteiger partial charge in [0.25, 0.3) is 11.1 Å². The number of methoxy groups -OCH3 is 1. The molecule has 0 saturated carbocycles. The van der Waals surface area contributed by atoms with Crippen molar-refractivity contribution < 1.29 is 23.5 Å². The van der Waals surface area contributed by atoms with Crippen LogP contribution in [0.3, 0.4) is 0 Å². The van der Waals surface area contributed by atoms with Gasteiger partial charge in [-0.1, -0.05) is 25.1 Å². The molecule has 0 N–H and O–H groups in total. The minimum Gasteiger partial charge on any atom is -0.463 e. The predicted molar refractivity (Wildman–Crippen MR) is 119 cm³/mol. The Bertz CT molecular complexity index is 1210. The molecule has 1 aliphatic heterocycles. The predicted octanol–water partition coefficient (Wildman–Crippen LogP) is 4.90. The van der Waals surface area contributed by atoms with Gasteiger partial charge < -0.3 is 13.7 Å². The van der Waals surface area contributed by atoms with E-state index >= 15 is 0 Å². The molecule has 1 aliphatic rings. The Morgan fingerprint density at radius 2 is 2.00 bits per heavy atom. The van der Waals surface area contributed by atoms with Gasteiger partial charge in [-0.05, 0) is 49.4 Å². The molecule has 2 aromatic heterocycles. The SMILES string of the molecule is CC[C@H](C)N1C(=O)S/C(=C/c2cn(Cc3ccc(C(=O)OC)o3)c3ccccc23)C1=O. The van der Waals surface area contributed by atoms with E-state index in [2.05, 4.69) is 4.74 Å². The molecule has 4 rings (SSSR count). The van der Waals surface area contributed by atoms with Crippen LogP contribution in [0.15, 0.2) is 51.9 Å². The summed E-state index contributed by atoms with van der Waals surface area (Å²) in [6.07, 6.45) is 4.40. The van der Waals surface area contributed by atoms with Crippen molar-refractivity contribution in [3.63, 3.8) is 0 Å². The molecule has 0 aliphatic carbocycles. The molecule has 8 heteroatoms. The van der Waals surface area contributed by atoms with E-state index in [1.165, 1.54) is 12.0 Å². The molecule has 0 unspecified atom stereocenters. The molecule has 160 valence electrons. The van der Waals surface area contributed by atoms with Crippen LogP contribution in [0.25, 0.3) is 17.0 Å². The first-order valence-corrected chi connectivity index (χ1v) is 10.8. The van der Waals surface area contributed by atoms with Gasteiger partial charge in [0.05, 0.1) is 18.6 Å². The van der Waals surface area contributed by atoms with Crippen LogP contribution in [0.4, 0.5) is 4.79 Å². The number of thioether (sulfide) groups is 1. The normalized spacial score (nSPS) is 16.5. The average Bonchev–Trinajstić information content (AvgIpc) is 3.45. The lowest BCUT2D eigenvalue weighted by molar-refractivity contribution is -0.124. The molecule has 3 heterocycles. The van der Waals surface area contributed by atoms with Crippen LogP contribution in [-0.2, 0) is 16.1 Å². The fourth-order valence-corrected chi connectivity index (χ4v) is 4.47. The Kier molecular flexibility index (Phi) is 5.73. The molecule has 2 amide bonds. The molecule has 1 atom stereocenters. The molecule has 1 fully saturated rings. The van der Waals surface area contributed by atoms with Gasteiger partial charge in [0.2, 0.25) is 5.76 Å². The minimum atomic E-state index is -0.527. The van der Waals surface area contributed by atoms with Gasteiger partial charge in [-0.2, -0.15) is 0 Å². The zero-order valence-corrected chi connectivity index (χ0v) is 18.3. The van der Waals surface area contributed by atoms with Crippen molar-refractivity contribution in [2.45, 2.75) is 32.9 Å². The highest BCUT2D eigenvalue weighted by Crippen LogP contribution is 2.35. The van der Waals surface area contributed by atoms with Crippen LogP contribution < -0.4 is 0 Å². The van der Waals surface area contributed by atoms with Crippen LogP contribution in [0.5, 0.6) is 0 Å². The third kappa shape index (κ3) is 3.90. The third-order valence-electron chi connectivity index (χ3n) is 5.34.